The van der Waals surface area contributed by atoms with Crippen molar-refractivity contribution in [2.45, 2.75) is 24.3 Å². The highest BCUT2D eigenvalue weighted by molar-refractivity contribution is 7.86. The molecule has 1 saturated heterocycles. The fourth-order valence-corrected chi connectivity index (χ4v) is 4.25. The molecule has 0 saturated carbocycles. The van der Waals surface area contributed by atoms with E-state index in [1.54, 1.807) is 0 Å². The van der Waals surface area contributed by atoms with E-state index in [0.29, 0.717) is 5.95 Å². The molecule has 1 aliphatic heterocycles. The van der Waals surface area contributed by atoms with Crippen LogP contribution in [-0.4, -0.2) is 44.8 Å². The Morgan fingerprint density at radius 1 is 1.19 bits per heavy atom. The topological polar surface area (TPSA) is 58.1 Å². The second kappa shape index (κ2) is 5.60. The van der Waals surface area contributed by atoms with Crippen molar-refractivity contribution in [3.05, 3.63) is 24.3 Å². The van der Waals surface area contributed by atoms with Gasteiger partial charge in [0.25, 0.3) is 0 Å². The van der Waals surface area contributed by atoms with Gasteiger partial charge in [-0.15, -0.1) is 0 Å². The lowest BCUT2D eigenvalue weighted by atomic mass is 10.2. The monoisotopic (exact) mass is 304 g/mol. The minimum absolute atomic E-state index is 0.141. The number of benzene rings is 1. The van der Waals surface area contributed by atoms with Gasteiger partial charge in [0.05, 0.1) is 5.52 Å². The maximum absolute atomic E-state index is 12.1. The Kier molecular flexibility index (Phi) is 3.80. The molecule has 2 aromatic rings. The Labute approximate surface area is 127 Å². The number of nitrogens with one attached hydrogen (secondary N) is 1. The van der Waals surface area contributed by atoms with Crippen LogP contribution >= 0.6 is 0 Å². The zero-order valence-corrected chi connectivity index (χ0v) is 13.4. The second-order valence-electron chi connectivity index (χ2n) is 5.49. The molecule has 6 heteroatoms. The Morgan fingerprint density at radius 3 is 2.52 bits per heavy atom. The van der Waals surface area contributed by atoms with Gasteiger partial charge in [0.1, 0.15) is 5.82 Å². The predicted octanol–water partition coefficient (Wildman–Crippen LogP) is 2.02. The molecule has 0 spiro atoms. The van der Waals surface area contributed by atoms with Crippen molar-refractivity contribution in [2.24, 2.45) is 0 Å². The molecule has 2 heterocycles. The van der Waals surface area contributed by atoms with Crippen molar-refractivity contribution in [1.29, 1.82) is 0 Å². The molecule has 112 valence electrons. The van der Waals surface area contributed by atoms with Crippen LogP contribution in [0, 0.1) is 0 Å². The molecule has 1 aliphatic rings. The summed E-state index contributed by atoms with van der Waals surface area (Å²) in [5.41, 5.74) is 0.929. The van der Waals surface area contributed by atoms with E-state index in [1.807, 2.05) is 45.2 Å². The van der Waals surface area contributed by atoms with Crippen LogP contribution in [0.3, 0.4) is 0 Å². The zero-order chi connectivity index (χ0) is 15.0. The minimum atomic E-state index is -0.771. The highest BCUT2D eigenvalue weighted by Crippen LogP contribution is 2.25. The lowest BCUT2D eigenvalue weighted by Crippen LogP contribution is -2.48. The summed E-state index contributed by atoms with van der Waals surface area (Å²) in [6.45, 7) is 5.52. The maximum atomic E-state index is 12.1. The van der Waals surface area contributed by atoms with Gasteiger partial charge in [-0.1, -0.05) is 12.1 Å². The van der Waals surface area contributed by atoms with E-state index >= 15 is 0 Å². The van der Waals surface area contributed by atoms with Gasteiger partial charge >= 0.3 is 0 Å². The quantitative estimate of drug-likeness (QED) is 0.920. The second-order valence-corrected chi connectivity index (χ2v) is 7.76. The third-order valence-corrected chi connectivity index (χ3v) is 5.74. The lowest BCUT2D eigenvalue weighted by Gasteiger charge is -2.34. The fraction of sp³-hybridized carbons (Fsp3) is 0.467. The number of hydrogen-bond donors (Lipinski definition) is 1. The van der Waals surface area contributed by atoms with E-state index < -0.39 is 10.8 Å². The standard InChI is InChI=1S/C15H20N4OS/c1-10-8-19(9-11(2)21(10)20)15-17-13-7-5-4-6-12(13)14(16-3)18-15/h4-7,10-11H,8-9H2,1-3H3,(H,16,17,18). The summed E-state index contributed by atoms with van der Waals surface area (Å²) in [7, 11) is 1.10. The highest BCUT2D eigenvalue weighted by Gasteiger charge is 2.30. The van der Waals surface area contributed by atoms with Crippen LogP contribution in [-0.2, 0) is 10.8 Å². The van der Waals surface area contributed by atoms with Crippen LogP contribution in [0.1, 0.15) is 13.8 Å². The third-order valence-electron chi connectivity index (χ3n) is 3.86. The van der Waals surface area contributed by atoms with Gasteiger partial charge in [-0.05, 0) is 26.0 Å². The number of aromatic nitrogens is 2. The van der Waals surface area contributed by atoms with Gasteiger partial charge in [0, 0.05) is 46.8 Å². The average molecular weight is 304 g/mol. The van der Waals surface area contributed by atoms with Crippen molar-refractivity contribution in [1.82, 2.24) is 9.97 Å². The smallest absolute Gasteiger partial charge is 0.227 e. The van der Waals surface area contributed by atoms with Gasteiger partial charge < -0.3 is 10.2 Å². The third kappa shape index (κ3) is 2.60. The summed E-state index contributed by atoms with van der Waals surface area (Å²) in [5, 5.41) is 4.44. The van der Waals surface area contributed by atoms with Gasteiger partial charge in [-0.3, -0.25) is 4.21 Å². The van der Waals surface area contributed by atoms with Crippen molar-refractivity contribution in [3.63, 3.8) is 0 Å². The minimum Gasteiger partial charge on any atom is -0.372 e. The van der Waals surface area contributed by atoms with Gasteiger partial charge in [-0.2, -0.15) is 4.98 Å². The Balaban J connectivity index is 2.02. The van der Waals surface area contributed by atoms with Crippen LogP contribution < -0.4 is 10.2 Å². The molecule has 0 aliphatic carbocycles. The van der Waals surface area contributed by atoms with Crippen molar-refractivity contribution in [3.8, 4) is 0 Å². The SMILES string of the molecule is CNc1nc(N2CC(C)S(=O)C(C)C2)nc2ccccc12. The molecule has 3 rings (SSSR count). The van der Waals surface area contributed by atoms with Crippen molar-refractivity contribution < 1.29 is 4.21 Å². The molecule has 21 heavy (non-hydrogen) atoms. The molecule has 0 amide bonds. The van der Waals surface area contributed by atoms with Crippen LogP contribution in [0.15, 0.2) is 24.3 Å². The van der Waals surface area contributed by atoms with E-state index in [1.165, 1.54) is 0 Å². The summed E-state index contributed by atoms with van der Waals surface area (Å²) in [5.74, 6) is 1.55. The van der Waals surface area contributed by atoms with Crippen molar-refractivity contribution in [2.75, 3.05) is 30.4 Å². The zero-order valence-electron chi connectivity index (χ0n) is 12.5. The number of rotatable bonds is 2. The van der Waals surface area contributed by atoms with Crippen LogP contribution in [0.2, 0.25) is 0 Å². The molecular formula is C15H20N4OS. The van der Waals surface area contributed by atoms with E-state index in [-0.39, 0.29) is 10.5 Å². The van der Waals surface area contributed by atoms with Crippen LogP contribution in [0.25, 0.3) is 10.9 Å². The van der Waals surface area contributed by atoms with Gasteiger partial charge in [-0.25, -0.2) is 4.98 Å². The van der Waals surface area contributed by atoms with E-state index in [9.17, 15) is 4.21 Å². The molecule has 0 bridgehead atoms. The first-order valence-corrected chi connectivity index (χ1v) is 8.46. The molecule has 2 atom stereocenters. The fourth-order valence-electron chi connectivity index (χ4n) is 2.80. The summed E-state index contributed by atoms with van der Waals surface area (Å²) in [4.78, 5) is 11.5. The highest BCUT2D eigenvalue weighted by atomic mass is 32.2. The van der Waals surface area contributed by atoms with E-state index in [0.717, 1.165) is 29.8 Å². The Bertz CT molecular complexity index is 676. The van der Waals surface area contributed by atoms with Crippen LogP contribution in [0.4, 0.5) is 11.8 Å². The number of hydrogen-bond acceptors (Lipinski definition) is 5. The number of fused-ring (bicyclic) bond motifs is 1. The molecule has 1 aromatic heterocycles. The molecule has 1 N–H and O–H groups in total. The molecule has 5 nitrogen and oxygen atoms in total. The average Bonchev–Trinajstić information content (AvgIpc) is 2.51. The molecule has 1 aromatic carbocycles. The normalized spacial score (nSPS) is 26.0. The largest absolute Gasteiger partial charge is 0.372 e. The van der Waals surface area contributed by atoms with Crippen LogP contribution in [0.5, 0.6) is 0 Å². The van der Waals surface area contributed by atoms with Gasteiger partial charge in [0.2, 0.25) is 5.95 Å². The lowest BCUT2D eigenvalue weighted by molar-refractivity contribution is 0.626. The first kappa shape index (κ1) is 14.3. The predicted molar refractivity (Wildman–Crippen MR) is 88.4 cm³/mol. The number of nitrogens with zero attached hydrogens (tertiary/aromatic N) is 3. The van der Waals surface area contributed by atoms with Crippen molar-refractivity contribution >= 4 is 33.5 Å². The molecule has 0 radical (unpaired) electrons. The number of anilines is 2. The summed E-state index contributed by atoms with van der Waals surface area (Å²) >= 11 is 0. The maximum Gasteiger partial charge on any atom is 0.227 e. The van der Waals surface area contributed by atoms with E-state index in [4.69, 9.17) is 0 Å². The molecule has 1 fully saturated rings. The first-order chi connectivity index (χ1) is 10.1. The molecular weight excluding hydrogens is 284 g/mol. The molecule has 2 unspecified atom stereocenters. The summed E-state index contributed by atoms with van der Waals surface area (Å²) in [6, 6.07) is 7.98. The first-order valence-electron chi connectivity index (χ1n) is 7.19. The Morgan fingerprint density at radius 2 is 1.86 bits per heavy atom. The van der Waals surface area contributed by atoms with Gasteiger partial charge in [0.15, 0.2) is 0 Å². The summed E-state index contributed by atoms with van der Waals surface area (Å²) in [6.07, 6.45) is 0. The summed E-state index contributed by atoms with van der Waals surface area (Å²) < 4.78 is 12.1. The van der Waals surface area contributed by atoms with E-state index in [2.05, 4.69) is 20.2 Å². The Hall–Kier alpha value is -1.69. The number of para-hydroxylation sites is 1.